The summed E-state index contributed by atoms with van der Waals surface area (Å²) >= 11 is 0. The van der Waals surface area contributed by atoms with E-state index in [9.17, 15) is 9.59 Å². The zero-order valence-electron chi connectivity index (χ0n) is 23.2. The lowest BCUT2D eigenvalue weighted by molar-refractivity contribution is 0.0948. The van der Waals surface area contributed by atoms with Crippen molar-refractivity contribution in [2.45, 2.75) is 47.3 Å². The minimum atomic E-state index is -0.264. The Morgan fingerprint density at radius 2 is 1.71 bits per heavy atom. The fourth-order valence-corrected chi connectivity index (χ4v) is 5.07. The number of methoxy groups -OCH3 is 3. The van der Waals surface area contributed by atoms with E-state index >= 15 is 0 Å². The molecule has 0 aliphatic rings. The summed E-state index contributed by atoms with van der Waals surface area (Å²) in [6.07, 6.45) is 1.78. The van der Waals surface area contributed by atoms with Gasteiger partial charge in [0.2, 0.25) is 0 Å². The average molecular weight is 518 g/mol. The van der Waals surface area contributed by atoms with Crippen LogP contribution >= 0.6 is 0 Å². The third-order valence-corrected chi connectivity index (χ3v) is 7.09. The van der Waals surface area contributed by atoms with Crippen molar-refractivity contribution >= 4 is 11.4 Å². The molecule has 1 atom stereocenters. The summed E-state index contributed by atoms with van der Waals surface area (Å²) in [4.78, 5) is 28.6. The first-order valence-electron chi connectivity index (χ1n) is 12.5. The van der Waals surface area contributed by atoms with Crippen molar-refractivity contribution in [3.05, 3.63) is 86.1 Å². The van der Waals surface area contributed by atoms with Crippen LogP contribution in [0.5, 0.6) is 11.5 Å². The number of nitrogens with zero attached hydrogens (tertiary/aromatic N) is 1. The van der Waals surface area contributed by atoms with Gasteiger partial charge in [-0.2, -0.15) is 0 Å². The summed E-state index contributed by atoms with van der Waals surface area (Å²) in [5.41, 5.74) is 7.96. The Balaban J connectivity index is 1.79. The number of carbonyl (C=O) groups is 1. The van der Waals surface area contributed by atoms with Crippen LogP contribution < -0.4 is 20.3 Å². The Hall–Kier alpha value is -4.04. The molecule has 1 amide bonds. The van der Waals surface area contributed by atoms with Gasteiger partial charge in [-0.1, -0.05) is 0 Å². The highest BCUT2D eigenvalue weighted by molar-refractivity contribution is 5.97. The average Bonchev–Trinajstić information content (AvgIpc) is 3.30. The summed E-state index contributed by atoms with van der Waals surface area (Å²) in [5.74, 6) is 1.10. The van der Waals surface area contributed by atoms with Crippen LogP contribution in [0.1, 0.15) is 57.0 Å². The highest BCUT2D eigenvalue weighted by Crippen LogP contribution is 2.37. The second kappa shape index (κ2) is 10.8. The molecular formula is C30H35N3O5. The van der Waals surface area contributed by atoms with Crippen molar-refractivity contribution in [2.24, 2.45) is 0 Å². The normalized spacial score (nSPS) is 12.0. The molecule has 38 heavy (non-hydrogen) atoms. The Morgan fingerprint density at radius 3 is 2.34 bits per heavy atom. The van der Waals surface area contributed by atoms with Crippen LogP contribution in [0.3, 0.4) is 0 Å². The molecule has 200 valence electrons. The van der Waals surface area contributed by atoms with Crippen LogP contribution in [0, 0.1) is 27.7 Å². The van der Waals surface area contributed by atoms with Gasteiger partial charge in [0.1, 0.15) is 0 Å². The smallest absolute Gasteiger partial charge is 0.253 e. The molecule has 0 fully saturated rings. The van der Waals surface area contributed by atoms with E-state index in [-0.39, 0.29) is 24.1 Å². The number of hydrogen-bond acceptors (Lipinski definition) is 5. The van der Waals surface area contributed by atoms with Gasteiger partial charge in [0.25, 0.3) is 11.5 Å². The molecule has 1 aromatic carbocycles. The van der Waals surface area contributed by atoms with Crippen LogP contribution in [-0.4, -0.2) is 36.6 Å². The molecule has 0 saturated carbocycles. The lowest BCUT2D eigenvalue weighted by Gasteiger charge is -2.19. The Kier molecular flexibility index (Phi) is 7.64. The molecule has 0 aliphatic heterocycles. The molecule has 4 aromatic rings. The molecule has 1 unspecified atom stereocenters. The van der Waals surface area contributed by atoms with Gasteiger partial charge in [-0.25, -0.2) is 0 Å². The molecule has 0 aliphatic carbocycles. The zero-order valence-corrected chi connectivity index (χ0v) is 23.2. The summed E-state index contributed by atoms with van der Waals surface area (Å²) in [7, 11) is 4.90. The van der Waals surface area contributed by atoms with E-state index < -0.39 is 0 Å². The third-order valence-electron chi connectivity index (χ3n) is 7.09. The van der Waals surface area contributed by atoms with Gasteiger partial charge in [-0.3, -0.25) is 9.59 Å². The third kappa shape index (κ3) is 4.91. The number of hydrogen-bond donors (Lipinski definition) is 2. The van der Waals surface area contributed by atoms with E-state index in [0.717, 1.165) is 44.7 Å². The van der Waals surface area contributed by atoms with E-state index in [1.54, 1.807) is 21.3 Å². The largest absolute Gasteiger partial charge is 0.493 e. The maximum atomic E-state index is 13.4. The number of pyridine rings is 2. The first kappa shape index (κ1) is 27.0. The molecule has 0 bridgehead atoms. The van der Waals surface area contributed by atoms with Crippen molar-refractivity contribution in [3.63, 3.8) is 0 Å². The number of benzene rings is 1. The maximum Gasteiger partial charge on any atom is 0.253 e. The molecule has 3 heterocycles. The number of aryl methyl sites for hydroxylation is 3. The van der Waals surface area contributed by atoms with E-state index in [2.05, 4.69) is 20.8 Å². The molecule has 4 rings (SSSR count). The summed E-state index contributed by atoms with van der Waals surface area (Å²) in [6.45, 7) is 9.70. The number of carbonyl (C=O) groups excluding carboxylic acids is 1. The zero-order chi connectivity index (χ0) is 27.7. The van der Waals surface area contributed by atoms with E-state index in [1.807, 2.05) is 65.1 Å². The molecule has 8 nitrogen and oxygen atoms in total. The minimum Gasteiger partial charge on any atom is -0.493 e. The first-order valence-corrected chi connectivity index (χ1v) is 12.5. The molecule has 0 radical (unpaired) electrons. The molecule has 3 aromatic heterocycles. The van der Waals surface area contributed by atoms with Gasteiger partial charge in [0.05, 0.1) is 26.0 Å². The number of aromatic amines is 1. The van der Waals surface area contributed by atoms with Crippen molar-refractivity contribution < 1.29 is 19.0 Å². The summed E-state index contributed by atoms with van der Waals surface area (Å²) in [5, 5.41) is 2.94. The van der Waals surface area contributed by atoms with Gasteiger partial charge in [-0.05, 0) is 87.2 Å². The standard InChI is InChI=1S/C30H35N3O5/c1-16-9-18(3)32-30(35)25(16)14-31-29(34)24-13-23-11-22(15-33(23)27(19(24)4)20(5)36-6)21-10-17(2)28(38-8)26(12-21)37-7/h9-13,15,20H,14H2,1-8H3,(H,31,34)(H,32,35). The second-order valence-electron chi connectivity index (χ2n) is 9.62. The molecule has 0 spiro atoms. The quantitative estimate of drug-likeness (QED) is 0.336. The Labute approximate surface area is 222 Å². The predicted molar refractivity (Wildman–Crippen MR) is 149 cm³/mol. The number of nitrogens with one attached hydrogen (secondary N) is 2. The number of aromatic nitrogens is 2. The van der Waals surface area contributed by atoms with Gasteiger partial charge in [0.15, 0.2) is 11.5 Å². The van der Waals surface area contributed by atoms with E-state index in [1.165, 1.54) is 0 Å². The number of H-pyrrole nitrogens is 1. The monoisotopic (exact) mass is 517 g/mol. The van der Waals surface area contributed by atoms with Crippen molar-refractivity contribution in [3.8, 4) is 22.6 Å². The topological polar surface area (TPSA) is 94.1 Å². The van der Waals surface area contributed by atoms with E-state index in [0.29, 0.717) is 22.6 Å². The summed E-state index contributed by atoms with van der Waals surface area (Å²) < 4.78 is 18.8. The van der Waals surface area contributed by atoms with Crippen LogP contribution in [0.15, 0.2) is 41.3 Å². The highest BCUT2D eigenvalue weighted by atomic mass is 16.5. The van der Waals surface area contributed by atoms with Crippen LogP contribution in [0.4, 0.5) is 0 Å². The van der Waals surface area contributed by atoms with Crippen LogP contribution in [-0.2, 0) is 11.3 Å². The fourth-order valence-electron chi connectivity index (χ4n) is 5.07. The van der Waals surface area contributed by atoms with Crippen LogP contribution in [0.2, 0.25) is 0 Å². The second-order valence-corrected chi connectivity index (χ2v) is 9.62. The van der Waals surface area contributed by atoms with Crippen molar-refractivity contribution in [1.82, 2.24) is 14.7 Å². The van der Waals surface area contributed by atoms with Crippen LogP contribution in [0.25, 0.3) is 16.6 Å². The number of fused-ring (bicyclic) bond motifs is 1. The Morgan fingerprint density at radius 1 is 0.974 bits per heavy atom. The lowest BCUT2D eigenvalue weighted by atomic mass is 10.0. The molecular weight excluding hydrogens is 482 g/mol. The lowest BCUT2D eigenvalue weighted by Crippen LogP contribution is -2.29. The van der Waals surface area contributed by atoms with Gasteiger partial charge < -0.3 is 28.9 Å². The predicted octanol–water partition coefficient (Wildman–Crippen LogP) is 5.18. The fraction of sp³-hybridized carbons (Fsp3) is 0.333. The van der Waals surface area contributed by atoms with Gasteiger partial charge >= 0.3 is 0 Å². The minimum absolute atomic E-state index is 0.136. The summed E-state index contributed by atoms with van der Waals surface area (Å²) in [6, 6.07) is 9.81. The first-order chi connectivity index (χ1) is 18.1. The number of amides is 1. The Bertz CT molecular complexity index is 1580. The number of ether oxygens (including phenoxy) is 3. The van der Waals surface area contributed by atoms with Gasteiger partial charge in [-0.15, -0.1) is 0 Å². The SMILES string of the molecule is COc1cc(-c2cc3cc(C(=O)NCc4c(C)cc(C)[nH]c4=O)c(C)c(C(C)OC)n3c2)cc(C)c1OC. The maximum absolute atomic E-state index is 13.4. The number of rotatable bonds is 8. The van der Waals surface area contributed by atoms with Crippen molar-refractivity contribution in [2.75, 3.05) is 21.3 Å². The molecule has 8 heteroatoms. The van der Waals surface area contributed by atoms with Gasteiger partial charge in [0, 0.05) is 47.8 Å². The van der Waals surface area contributed by atoms with E-state index in [4.69, 9.17) is 14.2 Å². The van der Waals surface area contributed by atoms with Crippen molar-refractivity contribution in [1.29, 1.82) is 0 Å². The molecule has 0 saturated heterocycles. The highest BCUT2D eigenvalue weighted by Gasteiger charge is 2.21. The molecule has 2 N–H and O–H groups in total.